The summed E-state index contributed by atoms with van der Waals surface area (Å²) in [7, 11) is 0. The molecule has 0 radical (unpaired) electrons. The quantitative estimate of drug-likeness (QED) is 0.352. The van der Waals surface area contributed by atoms with Crippen molar-refractivity contribution in [2.45, 2.75) is 44.7 Å². The Morgan fingerprint density at radius 1 is 1.09 bits per heavy atom. The van der Waals surface area contributed by atoms with Crippen molar-refractivity contribution in [1.82, 2.24) is 14.8 Å². The molecule has 3 heterocycles. The van der Waals surface area contributed by atoms with Crippen molar-refractivity contribution in [3.63, 3.8) is 0 Å². The third-order valence-corrected chi connectivity index (χ3v) is 6.79. The van der Waals surface area contributed by atoms with E-state index >= 15 is 0 Å². The number of para-hydroxylation sites is 1. The Kier molecular flexibility index (Phi) is 5.36. The number of non-ortho nitro benzene ring substituents is 1. The fourth-order valence-electron chi connectivity index (χ4n) is 5.19. The predicted octanol–water partition coefficient (Wildman–Crippen LogP) is 3.95. The molecule has 1 fully saturated rings. The molecule has 1 aromatic heterocycles. The number of fused-ring (bicyclic) bond motifs is 4. The second-order valence-corrected chi connectivity index (χ2v) is 8.80. The van der Waals surface area contributed by atoms with Crippen LogP contribution in [-0.4, -0.2) is 50.7 Å². The summed E-state index contributed by atoms with van der Waals surface area (Å²) in [5, 5.41) is 12.2. The molecule has 0 unspecified atom stereocenters. The van der Waals surface area contributed by atoms with Gasteiger partial charge in [0.25, 0.3) is 5.69 Å². The maximum atomic E-state index is 13.5. The first-order valence-electron chi connectivity index (χ1n) is 11.4. The van der Waals surface area contributed by atoms with Crippen LogP contribution >= 0.6 is 0 Å². The SMILES string of the molecule is CCCCCN1CC(=O)N2[C@H](c3ccc([N+](=O)[O-])cc3)c3[nH]c4ccccc4c3C[C@@H]2C1=O. The number of nitrogens with one attached hydrogen (secondary N) is 1. The number of nitro groups is 1. The number of piperazine rings is 1. The van der Waals surface area contributed by atoms with E-state index in [0.29, 0.717) is 13.0 Å². The topological polar surface area (TPSA) is 99.5 Å². The Morgan fingerprint density at radius 2 is 1.85 bits per heavy atom. The summed E-state index contributed by atoms with van der Waals surface area (Å²) in [6.07, 6.45) is 3.40. The van der Waals surface area contributed by atoms with Crippen LogP contribution in [0.5, 0.6) is 0 Å². The van der Waals surface area contributed by atoms with Gasteiger partial charge in [-0.25, -0.2) is 0 Å². The van der Waals surface area contributed by atoms with E-state index < -0.39 is 17.0 Å². The van der Waals surface area contributed by atoms with Gasteiger partial charge in [-0.05, 0) is 35.7 Å². The lowest BCUT2D eigenvalue weighted by molar-refractivity contribution is -0.384. The van der Waals surface area contributed by atoms with Crippen molar-refractivity contribution in [3.05, 3.63) is 75.5 Å². The van der Waals surface area contributed by atoms with Gasteiger partial charge in [-0.15, -0.1) is 0 Å². The fourth-order valence-corrected chi connectivity index (χ4v) is 5.19. The molecule has 1 N–H and O–H groups in total. The van der Waals surface area contributed by atoms with E-state index in [9.17, 15) is 19.7 Å². The molecule has 2 atom stereocenters. The number of nitrogens with zero attached hydrogens (tertiary/aromatic N) is 3. The van der Waals surface area contributed by atoms with Crippen LogP contribution in [0.1, 0.15) is 49.0 Å². The smallest absolute Gasteiger partial charge is 0.269 e. The Labute approximate surface area is 191 Å². The molecular formula is C25H26N4O4. The molecule has 1 saturated heterocycles. The highest BCUT2D eigenvalue weighted by atomic mass is 16.6. The zero-order valence-electron chi connectivity index (χ0n) is 18.5. The minimum Gasteiger partial charge on any atom is -0.356 e. The minimum atomic E-state index is -0.584. The van der Waals surface area contributed by atoms with Crippen LogP contribution in [0.15, 0.2) is 48.5 Å². The average molecular weight is 447 g/mol. The molecule has 3 aromatic rings. The predicted molar refractivity (Wildman–Crippen MR) is 124 cm³/mol. The summed E-state index contributed by atoms with van der Waals surface area (Å²) in [5.74, 6) is -0.114. The number of hydrogen-bond donors (Lipinski definition) is 1. The molecule has 0 bridgehead atoms. The molecule has 8 heteroatoms. The van der Waals surface area contributed by atoms with Gasteiger partial charge in [-0.1, -0.05) is 38.0 Å². The zero-order chi connectivity index (χ0) is 23.1. The van der Waals surface area contributed by atoms with Gasteiger partial charge in [0.05, 0.1) is 17.5 Å². The van der Waals surface area contributed by atoms with Gasteiger partial charge in [-0.2, -0.15) is 0 Å². The van der Waals surface area contributed by atoms with Crippen LogP contribution in [0.3, 0.4) is 0 Å². The maximum absolute atomic E-state index is 13.5. The molecule has 8 nitrogen and oxygen atoms in total. The third kappa shape index (κ3) is 3.55. The van der Waals surface area contributed by atoms with E-state index in [1.165, 1.54) is 12.1 Å². The number of benzene rings is 2. The number of amides is 2. The number of carbonyl (C=O) groups excluding carboxylic acids is 2. The largest absolute Gasteiger partial charge is 0.356 e. The zero-order valence-corrected chi connectivity index (χ0v) is 18.5. The molecule has 0 saturated carbocycles. The van der Waals surface area contributed by atoms with Crippen LogP contribution in [-0.2, 0) is 16.0 Å². The van der Waals surface area contributed by atoms with Crippen LogP contribution < -0.4 is 0 Å². The summed E-state index contributed by atoms with van der Waals surface area (Å²) < 4.78 is 0. The number of carbonyl (C=O) groups is 2. The summed E-state index contributed by atoms with van der Waals surface area (Å²) in [5.41, 5.74) is 3.60. The van der Waals surface area contributed by atoms with Gasteiger partial charge >= 0.3 is 0 Å². The minimum absolute atomic E-state index is 0.00822. The first kappa shape index (κ1) is 21.2. The fraction of sp³-hybridized carbons (Fsp3) is 0.360. The molecule has 2 aliphatic rings. The molecule has 2 aliphatic heterocycles. The Bertz CT molecular complexity index is 1230. The molecule has 0 aliphatic carbocycles. The van der Waals surface area contributed by atoms with Gasteiger partial charge in [0.1, 0.15) is 6.04 Å². The van der Waals surface area contributed by atoms with Gasteiger partial charge in [-0.3, -0.25) is 19.7 Å². The van der Waals surface area contributed by atoms with E-state index in [2.05, 4.69) is 11.9 Å². The van der Waals surface area contributed by atoms with Crippen LogP contribution in [0.25, 0.3) is 10.9 Å². The van der Waals surface area contributed by atoms with Crippen LogP contribution in [0.2, 0.25) is 0 Å². The van der Waals surface area contributed by atoms with E-state index in [1.807, 2.05) is 24.3 Å². The normalized spacial score (nSPS) is 20.2. The van der Waals surface area contributed by atoms with Crippen molar-refractivity contribution in [3.8, 4) is 0 Å². The average Bonchev–Trinajstić information content (AvgIpc) is 3.19. The monoisotopic (exact) mass is 446 g/mol. The molecule has 170 valence electrons. The number of H-pyrrole nitrogens is 1. The lowest BCUT2D eigenvalue weighted by Crippen LogP contribution is -2.63. The highest BCUT2D eigenvalue weighted by Gasteiger charge is 2.48. The molecule has 0 spiro atoms. The molecule has 5 rings (SSSR count). The van der Waals surface area contributed by atoms with E-state index in [-0.39, 0.29) is 24.0 Å². The Morgan fingerprint density at radius 3 is 2.58 bits per heavy atom. The Hall–Kier alpha value is -3.68. The van der Waals surface area contributed by atoms with Crippen molar-refractivity contribution in [2.24, 2.45) is 0 Å². The highest BCUT2D eigenvalue weighted by Crippen LogP contribution is 2.42. The number of aromatic amines is 1. The Balaban J connectivity index is 1.60. The van der Waals surface area contributed by atoms with Gasteiger partial charge in [0.15, 0.2) is 0 Å². The summed E-state index contributed by atoms with van der Waals surface area (Å²) in [6, 6.07) is 13.1. The molecule has 2 aromatic carbocycles. The van der Waals surface area contributed by atoms with Crippen molar-refractivity contribution >= 4 is 28.4 Å². The van der Waals surface area contributed by atoms with Crippen molar-refractivity contribution in [1.29, 1.82) is 0 Å². The van der Waals surface area contributed by atoms with Gasteiger partial charge in [0, 0.05) is 41.7 Å². The van der Waals surface area contributed by atoms with E-state index in [4.69, 9.17) is 0 Å². The number of nitro benzene ring substituents is 1. The number of unbranched alkanes of at least 4 members (excludes halogenated alkanes) is 2. The van der Waals surface area contributed by atoms with E-state index in [1.54, 1.807) is 21.9 Å². The number of rotatable bonds is 6. The standard InChI is InChI=1S/C25H26N4O4/c1-2-3-6-13-27-15-22(30)28-21(25(27)31)14-19-18-7-4-5-8-20(18)26-23(19)24(28)16-9-11-17(12-10-16)29(32)33/h4-5,7-12,21,24,26H,2-3,6,13-15H2,1H3/t21-,24-/m1/s1. The summed E-state index contributed by atoms with van der Waals surface area (Å²) in [6.45, 7) is 2.77. The first-order valence-corrected chi connectivity index (χ1v) is 11.4. The van der Waals surface area contributed by atoms with Crippen molar-refractivity contribution in [2.75, 3.05) is 13.1 Å². The lowest BCUT2D eigenvalue weighted by atomic mass is 9.86. The van der Waals surface area contributed by atoms with Crippen LogP contribution in [0.4, 0.5) is 5.69 Å². The highest BCUT2D eigenvalue weighted by molar-refractivity contribution is 5.97. The lowest BCUT2D eigenvalue weighted by Gasteiger charge is -2.47. The molecule has 33 heavy (non-hydrogen) atoms. The summed E-state index contributed by atoms with van der Waals surface area (Å²) >= 11 is 0. The number of aromatic nitrogens is 1. The number of hydrogen-bond acceptors (Lipinski definition) is 4. The van der Waals surface area contributed by atoms with Crippen molar-refractivity contribution < 1.29 is 14.5 Å². The third-order valence-electron chi connectivity index (χ3n) is 6.79. The first-order chi connectivity index (χ1) is 16.0. The second kappa shape index (κ2) is 8.35. The molecular weight excluding hydrogens is 420 g/mol. The van der Waals surface area contributed by atoms with Crippen LogP contribution in [0, 0.1) is 10.1 Å². The second-order valence-electron chi connectivity index (χ2n) is 8.80. The van der Waals surface area contributed by atoms with Gasteiger partial charge in [0.2, 0.25) is 11.8 Å². The summed E-state index contributed by atoms with van der Waals surface area (Å²) in [4.78, 5) is 44.5. The maximum Gasteiger partial charge on any atom is 0.269 e. The van der Waals surface area contributed by atoms with E-state index in [0.717, 1.165) is 47.0 Å². The molecule has 2 amide bonds. The van der Waals surface area contributed by atoms with Gasteiger partial charge < -0.3 is 14.8 Å².